The maximum absolute atomic E-state index is 11.2. The predicted molar refractivity (Wildman–Crippen MR) is 111 cm³/mol. The second kappa shape index (κ2) is 9.55. The van der Waals surface area contributed by atoms with Crippen LogP contribution in [0.25, 0.3) is 11.1 Å². The summed E-state index contributed by atoms with van der Waals surface area (Å²) in [5.74, 6) is 2.00. The Morgan fingerprint density at radius 3 is 1.81 bits per heavy atom. The van der Waals surface area contributed by atoms with Crippen molar-refractivity contribution in [3.63, 3.8) is 0 Å². The molecule has 2 atom stereocenters. The van der Waals surface area contributed by atoms with E-state index >= 15 is 0 Å². The first-order valence-corrected chi connectivity index (χ1v) is 10.1. The number of ether oxygens (including phenoxy) is 6. The standard InChI is InChI=1S/C23H26O8/c1-26-20-7-14(3-4-24)5-18(22(20)30-12-16-10-28-16)19-6-15(9-25)8-21(27-2)23(19)31-13-17-11-29-17/h4-8,16-17,25H,3,9-13H2,1-2H3. The summed E-state index contributed by atoms with van der Waals surface area (Å²) in [6, 6.07) is 7.21. The monoisotopic (exact) mass is 430 g/mol. The smallest absolute Gasteiger partial charge is 0.169 e. The van der Waals surface area contributed by atoms with Crippen molar-refractivity contribution in [1.29, 1.82) is 0 Å². The quantitative estimate of drug-likeness (QED) is 0.404. The Morgan fingerprint density at radius 2 is 1.39 bits per heavy atom. The van der Waals surface area contributed by atoms with Crippen LogP contribution in [-0.2, 0) is 27.3 Å². The minimum Gasteiger partial charge on any atom is -0.493 e. The van der Waals surface area contributed by atoms with Crippen LogP contribution in [-0.4, -0.2) is 64.2 Å². The van der Waals surface area contributed by atoms with Crippen LogP contribution in [0.2, 0.25) is 0 Å². The van der Waals surface area contributed by atoms with E-state index < -0.39 is 0 Å². The van der Waals surface area contributed by atoms with E-state index in [1.165, 1.54) is 0 Å². The number of carbonyl (C=O) groups excluding carboxylic acids is 1. The lowest BCUT2D eigenvalue weighted by Gasteiger charge is -2.21. The van der Waals surface area contributed by atoms with Crippen LogP contribution in [0.4, 0.5) is 0 Å². The van der Waals surface area contributed by atoms with Gasteiger partial charge in [0.25, 0.3) is 0 Å². The van der Waals surface area contributed by atoms with Crippen molar-refractivity contribution in [2.75, 3.05) is 40.6 Å². The number of rotatable bonds is 12. The zero-order chi connectivity index (χ0) is 21.8. The molecule has 2 aliphatic rings. The summed E-state index contributed by atoms with van der Waals surface area (Å²) < 4.78 is 33.9. The van der Waals surface area contributed by atoms with Crippen molar-refractivity contribution in [3.8, 4) is 34.1 Å². The summed E-state index contributed by atoms with van der Waals surface area (Å²) in [5, 5.41) is 9.81. The molecule has 2 aromatic carbocycles. The van der Waals surface area contributed by atoms with Crippen molar-refractivity contribution in [2.45, 2.75) is 25.2 Å². The van der Waals surface area contributed by atoms with Gasteiger partial charge in [0.1, 0.15) is 31.7 Å². The second-order valence-electron chi connectivity index (χ2n) is 7.41. The van der Waals surface area contributed by atoms with Gasteiger partial charge in [0, 0.05) is 17.5 Å². The molecule has 31 heavy (non-hydrogen) atoms. The molecule has 4 rings (SSSR count). The molecule has 0 aliphatic carbocycles. The van der Waals surface area contributed by atoms with E-state index in [1.807, 2.05) is 12.1 Å². The number of methoxy groups -OCH3 is 2. The van der Waals surface area contributed by atoms with E-state index in [0.29, 0.717) is 66.1 Å². The fraction of sp³-hybridized carbons (Fsp3) is 0.435. The number of benzene rings is 2. The Bertz CT molecular complexity index is 934. The molecular weight excluding hydrogens is 404 g/mol. The lowest BCUT2D eigenvalue weighted by atomic mass is 9.97. The highest BCUT2D eigenvalue weighted by atomic mass is 16.6. The zero-order valence-corrected chi connectivity index (χ0v) is 17.6. The number of epoxide rings is 2. The van der Waals surface area contributed by atoms with Crippen LogP contribution in [0.1, 0.15) is 11.1 Å². The molecule has 1 N–H and O–H groups in total. The van der Waals surface area contributed by atoms with Gasteiger partial charge in [-0.05, 0) is 35.4 Å². The predicted octanol–water partition coefficient (Wildman–Crippen LogP) is 2.16. The third-order valence-corrected chi connectivity index (χ3v) is 5.09. The lowest BCUT2D eigenvalue weighted by molar-refractivity contribution is -0.107. The highest BCUT2D eigenvalue weighted by molar-refractivity contribution is 5.82. The van der Waals surface area contributed by atoms with Gasteiger partial charge in [-0.2, -0.15) is 0 Å². The fourth-order valence-electron chi connectivity index (χ4n) is 3.31. The maximum Gasteiger partial charge on any atom is 0.169 e. The second-order valence-corrected chi connectivity index (χ2v) is 7.41. The van der Waals surface area contributed by atoms with Gasteiger partial charge >= 0.3 is 0 Å². The van der Waals surface area contributed by atoms with Crippen LogP contribution in [0.15, 0.2) is 24.3 Å². The topological polar surface area (TPSA) is 99.3 Å². The van der Waals surface area contributed by atoms with Gasteiger partial charge in [0.15, 0.2) is 23.0 Å². The molecule has 2 aromatic rings. The normalized spacial score (nSPS) is 18.9. The van der Waals surface area contributed by atoms with Crippen molar-refractivity contribution >= 4 is 6.29 Å². The number of aliphatic hydroxyl groups is 1. The molecule has 0 radical (unpaired) electrons. The van der Waals surface area contributed by atoms with Gasteiger partial charge in [0.05, 0.1) is 34.0 Å². The molecule has 2 unspecified atom stereocenters. The lowest BCUT2D eigenvalue weighted by Crippen LogP contribution is -2.09. The first-order chi connectivity index (χ1) is 15.2. The minimum atomic E-state index is -0.174. The number of carbonyl (C=O) groups is 1. The van der Waals surface area contributed by atoms with Gasteiger partial charge in [-0.3, -0.25) is 0 Å². The van der Waals surface area contributed by atoms with Gasteiger partial charge in [-0.15, -0.1) is 0 Å². The van der Waals surface area contributed by atoms with E-state index in [1.54, 1.807) is 26.4 Å². The number of hydrogen-bond donors (Lipinski definition) is 1. The third kappa shape index (κ3) is 5.10. The van der Waals surface area contributed by atoms with Gasteiger partial charge in [-0.1, -0.05) is 0 Å². The van der Waals surface area contributed by atoms with Crippen LogP contribution in [0, 0.1) is 0 Å². The summed E-state index contributed by atoms with van der Waals surface area (Å²) in [6.07, 6.45) is 1.16. The highest BCUT2D eigenvalue weighted by Gasteiger charge is 2.28. The van der Waals surface area contributed by atoms with Crippen LogP contribution in [0.3, 0.4) is 0 Å². The van der Waals surface area contributed by atoms with Crippen molar-refractivity contribution in [1.82, 2.24) is 0 Å². The molecule has 2 saturated heterocycles. The van der Waals surface area contributed by atoms with Gasteiger partial charge in [0.2, 0.25) is 0 Å². The molecule has 0 saturated carbocycles. The van der Waals surface area contributed by atoms with Gasteiger partial charge < -0.3 is 38.3 Å². The first kappa shape index (κ1) is 21.4. The molecular formula is C23H26O8. The Balaban J connectivity index is 1.86. The molecule has 0 spiro atoms. The summed E-state index contributed by atoms with van der Waals surface area (Å²) in [5.41, 5.74) is 2.76. The molecule has 2 fully saturated rings. The van der Waals surface area contributed by atoms with E-state index in [4.69, 9.17) is 28.4 Å². The molecule has 166 valence electrons. The van der Waals surface area contributed by atoms with Gasteiger partial charge in [-0.25, -0.2) is 0 Å². The molecule has 0 bridgehead atoms. The maximum atomic E-state index is 11.2. The average molecular weight is 430 g/mol. The fourth-order valence-corrected chi connectivity index (χ4v) is 3.31. The van der Waals surface area contributed by atoms with Crippen molar-refractivity contribution in [3.05, 3.63) is 35.4 Å². The van der Waals surface area contributed by atoms with E-state index in [9.17, 15) is 9.90 Å². The molecule has 8 nitrogen and oxygen atoms in total. The minimum absolute atomic E-state index is 0.0493. The third-order valence-electron chi connectivity index (χ3n) is 5.09. The van der Waals surface area contributed by atoms with Crippen molar-refractivity contribution in [2.24, 2.45) is 0 Å². The van der Waals surface area contributed by atoms with Crippen LogP contribution < -0.4 is 18.9 Å². The number of hydrogen-bond acceptors (Lipinski definition) is 8. The average Bonchev–Trinajstić information content (AvgIpc) is 3.70. The Kier molecular flexibility index (Phi) is 6.60. The Labute approximate surface area is 180 Å². The SMILES string of the molecule is COc1cc(CO)cc(-c2cc(CC=O)cc(OC)c2OCC2CO2)c1OCC1CO1. The molecule has 0 amide bonds. The largest absolute Gasteiger partial charge is 0.493 e. The van der Waals surface area contributed by atoms with E-state index in [-0.39, 0.29) is 25.2 Å². The Hall–Kier alpha value is -2.81. The molecule has 8 heteroatoms. The summed E-state index contributed by atoms with van der Waals surface area (Å²) >= 11 is 0. The summed E-state index contributed by atoms with van der Waals surface area (Å²) in [4.78, 5) is 11.2. The Morgan fingerprint density at radius 1 is 0.903 bits per heavy atom. The van der Waals surface area contributed by atoms with Crippen molar-refractivity contribution < 1.29 is 38.3 Å². The van der Waals surface area contributed by atoms with Crippen LogP contribution >= 0.6 is 0 Å². The van der Waals surface area contributed by atoms with E-state index in [0.717, 1.165) is 11.8 Å². The van der Waals surface area contributed by atoms with E-state index in [2.05, 4.69) is 0 Å². The molecule has 2 heterocycles. The van der Waals surface area contributed by atoms with Crippen LogP contribution in [0.5, 0.6) is 23.0 Å². The molecule has 2 aliphatic heterocycles. The summed E-state index contributed by atoms with van der Waals surface area (Å²) in [7, 11) is 3.10. The number of aldehydes is 1. The molecule has 0 aromatic heterocycles. The first-order valence-electron chi connectivity index (χ1n) is 10.1. The highest BCUT2D eigenvalue weighted by Crippen LogP contribution is 2.47. The zero-order valence-electron chi connectivity index (χ0n) is 17.6. The number of aliphatic hydroxyl groups excluding tert-OH is 1. The summed E-state index contributed by atoms with van der Waals surface area (Å²) in [6.45, 7) is 1.89.